The number of nitrogen functional groups attached to an aromatic ring is 1. The summed E-state index contributed by atoms with van der Waals surface area (Å²) in [5.41, 5.74) is 6.77. The van der Waals surface area contributed by atoms with Gasteiger partial charge in [-0.3, -0.25) is 0 Å². The van der Waals surface area contributed by atoms with Gasteiger partial charge in [0.15, 0.2) is 5.82 Å². The maximum atomic E-state index is 15.2. The molecular formula is C21H14Cl2F2N4OS. The van der Waals surface area contributed by atoms with Crippen molar-refractivity contribution in [3.63, 3.8) is 0 Å². The molecule has 1 aromatic heterocycles. The normalized spacial score (nSPS) is 11.1. The predicted molar refractivity (Wildman–Crippen MR) is 121 cm³/mol. The highest BCUT2D eigenvalue weighted by Gasteiger charge is 2.17. The topological polar surface area (TPSA) is 84.1 Å². The largest absolute Gasteiger partial charge is 0.392 e. The molecule has 0 fully saturated rings. The summed E-state index contributed by atoms with van der Waals surface area (Å²) in [6.07, 6.45) is 1.49. The first-order valence-corrected chi connectivity index (χ1v) is 10.5. The fourth-order valence-corrected chi connectivity index (χ4v) is 4.39. The monoisotopic (exact) mass is 478 g/mol. The smallest absolute Gasteiger partial charge is 0.220 e. The number of rotatable bonds is 5. The van der Waals surface area contributed by atoms with Gasteiger partial charge in [-0.15, -0.1) is 0 Å². The number of aliphatic hydroxyl groups excluding tert-OH is 1. The number of nitrogens with zero attached hydrogens (tertiary/aromatic N) is 2. The Morgan fingerprint density at radius 1 is 1.10 bits per heavy atom. The zero-order chi connectivity index (χ0) is 22.1. The maximum absolute atomic E-state index is 15.2. The zero-order valence-electron chi connectivity index (χ0n) is 15.7. The number of aliphatic hydroxyl groups is 1. The van der Waals surface area contributed by atoms with E-state index in [4.69, 9.17) is 28.9 Å². The quantitative estimate of drug-likeness (QED) is 0.301. The van der Waals surface area contributed by atoms with Gasteiger partial charge in [-0.2, -0.15) is 0 Å². The number of aromatic nitrogens is 2. The standard InChI is InChI=1S/C21H14Cl2F2N4OS/c22-13-6-12(9-30)19(23)17(7-13)31-29-16-4-2-14(24)18(20(16)25)10-1-3-15-11(5-10)8-27-21(26)28-15/h1-8,29-30H,9H2,(H2,26,27,28). The molecule has 0 unspecified atom stereocenters. The minimum atomic E-state index is -0.774. The van der Waals surface area contributed by atoms with E-state index in [1.165, 1.54) is 18.3 Å². The molecule has 0 atom stereocenters. The summed E-state index contributed by atoms with van der Waals surface area (Å²) in [4.78, 5) is 8.50. The van der Waals surface area contributed by atoms with Crippen molar-refractivity contribution >= 4 is 57.7 Å². The van der Waals surface area contributed by atoms with E-state index < -0.39 is 11.6 Å². The molecule has 3 aromatic carbocycles. The first-order chi connectivity index (χ1) is 14.9. The summed E-state index contributed by atoms with van der Waals surface area (Å²) in [5.74, 6) is -1.37. The van der Waals surface area contributed by atoms with E-state index in [9.17, 15) is 9.50 Å². The van der Waals surface area contributed by atoms with Crippen molar-refractivity contribution in [2.45, 2.75) is 11.5 Å². The molecule has 5 nitrogen and oxygen atoms in total. The van der Waals surface area contributed by atoms with E-state index in [1.54, 1.807) is 30.3 Å². The number of fused-ring (bicyclic) bond motifs is 1. The Balaban J connectivity index is 1.69. The molecule has 31 heavy (non-hydrogen) atoms. The summed E-state index contributed by atoms with van der Waals surface area (Å²) >= 11 is 13.3. The van der Waals surface area contributed by atoms with Gasteiger partial charge in [-0.1, -0.05) is 29.3 Å². The SMILES string of the molecule is Nc1ncc2cc(-c3c(F)ccc(NSc4cc(Cl)cc(CO)c4Cl)c3F)ccc2n1. The van der Waals surface area contributed by atoms with Gasteiger partial charge >= 0.3 is 0 Å². The molecule has 0 aliphatic carbocycles. The molecule has 0 aliphatic heterocycles. The van der Waals surface area contributed by atoms with E-state index in [-0.39, 0.29) is 23.8 Å². The molecule has 0 saturated heterocycles. The number of nitrogens with one attached hydrogen (secondary N) is 1. The van der Waals surface area contributed by atoms with E-state index >= 15 is 4.39 Å². The van der Waals surface area contributed by atoms with Crippen LogP contribution < -0.4 is 10.5 Å². The Morgan fingerprint density at radius 3 is 2.68 bits per heavy atom. The highest BCUT2D eigenvalue weighted by molar-refractivity contribution is 8.00. The number of halogens is 4. The van der Waals surface area contributed by atoms with Crippen LogP contribution in [0.3, 0.4) is 0 Å². The minimum Gasteiger partial charge on any atom is -0.392 e. The van der Waals surface area contributed by atoms with Crippen LogP contribution in [0.5, 0.6) is 0 Å². The molecule has 4 N–H and O–H groups in total. The van der Waals surface area contributed by atoms with Gasteiger partial charge in [0.2, 0.25) is 5.95 Å². The predicted octanol–water partition coefficient (Wildman–Crippen LogP) is 6.08. The third kappa shape index (κ3) is 4.38. The Bertz CT molecular complexity index is 1310. The van der Waals surface area contributed by atoms with Crippen molar-refractivity contribution in [3.8, 4) is 11.1 Å². The van der Waals surface area contributed by atoms with Gasteiger partial charge in [0.1, 0.15) is 5.82 Å². The second kappa shape index (κ2) is 8.84. The van der Waals surface area contributed by atoms with Crippen molar-refractivity contribution in [2.75, 3.05) is 10.5 Å². The van der Waals surface area contributed by atoms with Crippen LogP contribution in [0.1, 0.15) is 5.56 Å². The van der Waals surface area contributed by atoms with Crippen LogP contribution in [0.25, 0.3) is 22.0 Å². The van der Waals surface area contributed by atoms with Crippen LogP contribution in [0, 0.1) is 11.6 Å². The summed E-state index contributed by atoms with van der Waals surface area (Å²) in [5, 5.41) is 10.7. The average Bonchev–Trinajstić information content (AvgIpc) is 2.75. The third-order valence-electron chi connectivity index (χ3n) is 4.50. The average molecular weight is 479 g/mol. The fourth-order valence-electron chi connectivity index (χ4n) is 3.02. The minimum absolute atomic E-state index is 0.0524. The summed E-state index contributed by atoms with van der Waals surface area (Å²) in [6.45, 7) is -0.292. The molecule has 0 aliphatic rings. The highest BCUT2D eigenvalue weighted by atomic mass is 35.5. The van der Waals surface area contributed by atoms with Crippen LogP contribution in [0.4, 0.5) is 20.4 Å². The van der Waals surface area contributed by atoms with Gasteiger partial charge in [0.25, 0.3) is 0 Å². The Hall–Kier alpha value is -2.65. The second-order valence-electron chi connectivity index (χ2n) is 6.52. The zero-order valence-corrected chi connectivity index (χ0v) is 18.0. The molecule has 4 rings (SSSR count). The number of benzene rings is 3. The molecule has 4 aromatic rings. The lowest BCUT2D eigenvalue weighted by Crippen LogP contribution is -1.98. The lowest BCUT2D eigenvalue weighted by atomic mass is 10.0. The third-order valence-corrected chi connectivity index (χ3v) is 6.14. The summed E-state index contributed by atoms with van der Waals surface area (Å²) in [6, 6.07) is 10.4. The van der Waals surface area contributed by atoms with Gasteiger partial charge < -0.3 is 15.6 Å². The number of hydrogen-bond acceptors (Lipinski definition) is 6. The van der Waals surface area contributed by atoms with Crippen molar-refractivity contribution in [1.29, 1.82) is 0 Å². The second-order valence-corrected chi connectivity index (χ2v) is 8.19. The number of nitrogens with two attached hydrogens (primary N) is 1. The highest BCUT2D eigenvalue weighted by Crippen LogP contribution is 2.37. The van der Waals surface area contributed by atoms with Crippen LogP contribution in [-0.2, 0) is 6.61 Å². The Labute approximate surface area is 190 Å². The molecule has 10 heteroatoms. The van der Waals surface area contributed by atoms with Crippen LogP contribution in [0.2, 0.25) is 10.0 Å². The fraction of sp³-hybridized carbons (Fsp3) is 0.0476. The van der Waals surface area contributed by atoms with Gasteiger partial charge in [0.05, 0.1) is 28.4 Å². The number of hydrogen-bond donors (Lipinski definition) is 3. The van der Waals surface area contributed by atoms with Crippen molar-refractivity contribution in [1.82, 2.24) is 9.97 Å². The van der Waals surface area contributed by atoms with Crippen LogP contribution >= 0.6 is 35.1 Å². The molecule has 0 spiro atoms. The number of anilines is 2. The Kier molecular flexibility index (Phi) is 6.15. The maximum Gasteiger partial charge on any atom is 0.220 e. The first kappa shape index (κ1) is 21.6. The molecule has 0 saturated carbocycles. The van der Waals surface area contributed by atoms with Crippen molar-refractivity contribution in [2.24, 2.45) is 0 Å². The molecule has 1 heterocycles. The lowest BCUT2D eigenvalue weighted by Gasteiger charge is -2.13. The van der Waals surface area contributed by atoms with Crippen LogP contribution in [-0.4, -0.2) is 15.1 Å². The molecular weight excluding hydrogens is 465 g/mol. The molecule has 0 bridgehead atoms. The van der Waals surface area contributed by atoms with E-state index in [2.05, 4.69) is 14.7 Å². The van der Waals surface area contributed by atoms with Gasteiger partial charge in [-0.25, -0.2) is 18.7 Å². The summed E-state index contributed by atoms with van der Waals surface area (Å²) in [7, 11) is 0. The summed E-state index contributed by atoms with van der Waals surface area (Å²) < 4.78 is 32.7. The van der Waals surface area contributed by atoms with Gasteiger partial charge in [-0.05, 0) is 59.5 Å². The van der Waals surface area contributed by atoms with Crippen molar-refractivity contribution in [3.05, 3.63) is 75.9 Å². The van der Waals surface area contributed by atoms with E-state index in [0.29, 0.717) is 37.0 Å². The van der Waals surface area contributed by atoms with E-state index in [0.717, 1.165) is 11.9 Å². The Morgan fingerprint density at radius 2 is 1.90 bits per heavy atom. The van der Waals surface area contributed by atoms with Crippen molar-refractivity contribution < 1.29 is 13.9 Å². The van der Waals surface area contributed by atoms with Crippen LogP contribution in [0.15, 0.2) is 53.6 Å². The molecule has 0 radical (unpaired) electrons. The molecule has 0 amide bonds. The first-order valence-electron chi connectivity index (χ1n) is 8.89. The molecule has 158 valence electrons. The lowest BCUT2D eigenvalue weighted by molar-refractivity contribution is 0.281. The van der Waals surface area contributed by atoms with E-state index in [1.807, 2.05) is 0 Å². The van der Waals surface area contributed by atoms with Gasteiger partial charge in [0, 0.05) is 21.5 Å².